The number of hydrogen-bond donors (Lipinski definition) is 0. The quantitative estimate of drug-likeness (QED) is 0.742. The number of halogens is 2. The zero-order valence-corrected chi connectivity index (χ0v) is 14.3. The average Bonchev–Trinajstić information content (AvgIpc) is 2.83. The molecule has 0 radical (unpaired) electrons. The van der Waals surface area contributed by atoms with E-state index in [1.807, 2.05) is 36.4 Å². The fourth-order valence-corrected chi connectivity index (χ4v) is 3.80. The second-order valence-corrected chi connectivity index (χ2v) is 6.93. The van der Waals surface area contributed by atoms with Crippen LogP contribution in [0.5, 0.6) is 0 Å². The van der Waals surface area contributed by atoms with Crippen LogP contribution in [0.15, 0.2) is 53.0 Å². The molecule has 2 heterocycles. The summed E-state index contributed by atoms with van der Waals surface area (Å²) in [6.07, 6.45) is 0. The minimum absolute atomic E-state index is 0.715. The van der Waals surface area contributed by atoms with E-state index in [-0.39, 0.29) is 0 Å². The van der Waals surface area contributed by atoms with Gasteiger partial charge in [0.15, 0.2) is 0 Å². The Balaban J connectivity index is 1.94. The molecule has 0 aliphatic carbocycles. The predicted molar refractivity (Wildman–Crippen MR) is 97.8 cm³/mol. The Morgan fingerprint density at radius 3 is 2.61 bits per heavy atom. The van der Waals surface area contributed by atoms with E-state index in [0.29, 0.717) is 6.54 Å². The molecule has 116 valence electrons. The molecule has 0 aromatic heterocycles. The first-order valence-electron chi connectivity index (χ1n) is 7.62. The summed E-state index contributed by atoms with van der Waals surface area (Å²) in [7, 11) is 2.14. The van der Waals surface area contributed by atoms with Crippen molar-refractivity contribution in [2.24, 2.45) is 4.99 Å². The SMILES string of the molecule is CN1CC2=C(C1)c1ccc(Cl)cc1C(c1ccccc1Cl)=NC2. The molecule has 0 saturated heterocycles. The second kappa shape index (κ2) is 5.79. The van der Waals surface area contributed by atoms with Crippen molar-refractivity contribution in [3.05, 3.63) is 74.8 Å². The molecule has 0 amide bonds. The number of hydrogen-bond acceptors (Lipinski definition) is 2. The highest BCUT2D eigenvalue weighted by Gasteiger charge is 2.27. The van der Waals surface area contributed by atoms with E-state index in [4.69, 9.17) is 28.2 Å². The van der Waals surface area contributed by atoms with E-state index < -0.39 is 0 Å². The summed E-state index contributed by atoms with van der Waals surface area (Å²) in [5.41, 5.74) is 6.97. The Kier molecular flexibility index (Phi) is 3.76. The van der Waals surface area contributed by atoms with Gasteiger partial charge in [-0.25, -0.2) is 0 Å². The lowest BCUT2D eigenvalue weighted by atomic mass is 9.93. The molecule has 0 saturated carbocycles. The topological polar surface area (TPSA) is 15.6 Å². The molecule has 2 aromatic carbocycles. The Labute approximate surface area is 146 Å². The number of rotatable bonds is 1. The molecule has 0 fully saturated rings. The summed E-state index contributed by atoms with van der Waals surface area (Å²) in [6.45, 7) is 2.64. The third-order valence-corrected chi connectivity index (χ3v) is 5.00. The van der Waals surface area contributed by atoms with Gasteiger partial charge in [-0.05, 0) is 42.0 Å². The Bertz CT molecular complexity index is 852. The number of fused-ring (bicyclic) bond motifs is 2. The first kappa shape index (κ1) is 14.9. The van der Waals surface area contributed by atoms with Crippen molar-refractivity contribution in [3.8, 4) is 0 Å². The third-order valence-electron chi connectivity index (χ3n) is 4.43. The molecule has 2 aliphatic rings. The van der Waals surface area contributed by atoms with E-state index in [1.54, 1.807) is 0 Å². The van der Waals surface area contributed by atoms with E-state index >= 15 is 0 Å². The summed E-state index contributed by atoms with van der Waals surface area (Å²) < 4.78 is 0. The first-order chi connectivity index (χ1) is 11.1. The van der Waals surface area contributed by atoms with Crippen LogP contribution in [0.4, 0.5) is 0 Å². The van der Waals surface area contributed by atoms with E-state index in [9.17, 15) is 0 Å². The van der Waals surface area contributed by atoms with Crippen molar-refractivity contribution in [3.63, 3.8) is 0 Å². The van der Waals surface area contributed by atoms with Crippen molar-refractivity contribution in [2.45, 2.75) is 0 Å². The molecule has 0 bridgehead atoms. The lowest BCUT2D eigenvalue weighted by Gasteiger charge is -2.15. The maximum atomic E-state index is 6.43. The monoisotopic (exact) mass is 342 g/mol. The molecule has 0 spiro atoms. The van der Waals surface area contributed by atoms with E-state index in [2.05, 4.69) is 18.0 Å². The molecule has 0 unspecified atom stereocenters. The fourth-order valence-electron chi connectivity index (χ4n) is 3.40. The van der Waals surface area contributed by atoms with Crippen molar-refractivity contribution in [2.75, 3.05) is 26.7 Å². The molecule has 2 aliphatic heterocycles. The molecule has 4 heteroatoms. The van der Waals surface area contributed by atoms with Crippen molar-refractivity contribution >= 4 is 34.5 Å². The zero-order valence-electron chi connectivity index (χ0n) is 12.8. The van der Waals surface area contributed by atoms with Gasteiger partial charge in [0.1, 0.15) is 0 Å². The maximum Gasteiger partial charge on any atom is 0.0744 e. The van der Waals surface area contributed by atoms with Crippen LogP contribution >= 0.6 is 23.2 Å². The van der Waals surface area contributed by atoms with Crippen LogP contribution in [-0.4, -0.2) is 37.3 Å². The zero-order chi connectivity index (χ0) is 16.0. The van der Waals surface area contributed by atoms with Crippen LogP contribution in [0.25, 0.3) is 5.57 Å². The van der Waals surface area contributed by atoms with Crippen LogP contribution in [0.3, 0.4) is 0 Å². The number of nitrogens with zero attached hydrogens (tertiary/aromatic N) is 2. The van der Waals surface area contributed by atoms with E-state index in [0.717, 1.165) is 40.0 Å². The van der Waals surface area contributed by atoms with Gasteiger partial charge in [0.2, 0.25) is 0 Å². The number of benzene rings is 2. The molecule has 0 atom stereocenters. The van der Waals surface area contributed by atoms with Crippen LogP contribution in [0.1, 0.15) is 16.7 Å². The lowest BCUT2D eigenvalue weighted by Crippen LogP contribution is -2.16. The smallest absolute Gasteiger partial charge is 0.0744 e. The Morgan fingerprint density at radius 1 is 0.957 bits per heavy atom. The first-order valence-corrected chi connectivity index (χ1v) is 8.38. The van der Waals surface area contributed by atoms with Crippen molar-refractivity contribution in [1.82, 2.24) is 4.90 Å². The maximum absolute atomic E-state index is 6.43. The summed E-state index contributed by atoms with van der Waals surface area (Å²) in [5, 5.41) is 1.44. The van der Waals surface area contributed by atoms with Gasteiger partial charge in [-0.3, -0.25) is 9.89 Å². The highest BCUT2D eigenvalue weighted by atomic mass is 35.5. The minimum atomic E-state index is 0.715. The minimum Gasteiger partial charge on any atom is -0.298 e. The van der Waals surface area contributed by atoms with Gasteiger partial charge in [-0.2, -0.15) is 0 Å². The molecular formula is C19H16Cl2N2. The number of likely N-dealkylation sites (N-methyl/N-ethyl adjacent to an activating group) is 1. The second-order valence-electron chi connectivity index (χ2n) is 6.09. The van der Waals surface area contributed by atoms with Gasteiger partial charge in [-0.15, -0.1) is 0 Å². The van der Waals surface area contributed by atoms with Gasteiger partial charge >= 0.3 is 0 Å². The summed E-state index contributed by atoms with van der Waals surface area (Å²) in [5.74, 6) is 0. The fraction of sp³-hybridized carbons (Fsp3) is 0.211. The van der Waals surface area contributed by atoms with Crippen LogP contribution in [0.2, 0.25) is 10.0 Å². The highest BCUT2D eigenvalue weighted by molar-refractivity contribution is 6.36. The third kappa shape index (κ3) is 2.61. The standard InChI is InChI=1S/C19H16Cl2N2/c1-23-10-12-9-22-19(15-4-2-3-5-18(15)21)16-8-13(20)6-7-14(16)17(12)11-23/h2-8H,9-11H2,1H3. The molecule has 23 heavy (non-hydrogen) atoms. The average molecular weight is 343 g/mol. The lowest BCUT2D eigenvalue weighted by molar-refractivity contribution is 0.431. The predicted octanol–water partition coefficient (Wildman–Crippen LogP) is 4.54. The van der Waals surface area contributed by atoms with E-state index in [1.165, 1.54) is 16.7 Å². The molecule has 2 nitrogen and oxygen atoms in total. The van der Waals surface area contributed by atoms with Crippen LogP contribution in [-0.2, 0) is 0 Å². The van der Waals surface area contributed by atoms with Crippen LogP contribution in [0, 0.1) is 0 Å². The molecule has 2 aromatic rings. The Hall–Kier alpha value is -1.61. The number of aliphatic imine (C=N–C) groups is 1. The van der Waals surface area contributed by atoms with Gasteiger partial charge in [0.25, 0.3) is 0 Å². The van der Waals surface area contributed by atoms with Gasteiger partial charge < -0.3 is 0 Å². The van der Waals surface area contributed by atoms with Crippen molar-refractivity contribution in [1.29, 1.82) is 0 Å². The van der Waals surface area contributed by atoms with Crippen LogP contribution < -0.4 is 0 Å². The highest BCUT2D eigenvalue weighted by Crippen LogP contribution is 2.35. The summed E-state index contributed by atoms with van der Waals surface area (Å²) in [6, 6.07) is 13.9. The van der Waals surface area contributed by atoms with Gasteiger partial charge in [0.05, 0.1) is 12.3 Å². The molecule has 4 rings (SSSR count). The summed E-state index contributed by atoms with van der Waals surface area (Å²) >= 11 is 12.7. The largest absolute Gasteiger partial charge is 0.298 e. The van der Waals surface area contributed by atoms with Gasteiger partial charge in [0, 0.05) is 34.3 Å². The summed E-state index contributed by atoms with van der Waals surface area (Å²) in [4.78, 5) is 7.22. The normalized spacial score (nSPS) is 17.6. The molecule has 0 N–H and O–H groups in total. The van der Waals surface area contributed by atoms with Gasteiger partial charge in [-0.1, -0.05) is 47.5 Å². The van der Waals surface area contributed by atoms with Crippen molar-refractivity contribution < 1.29 is 0 Å². The Morgan fingerprint density at radius 2 is 1.78 bits per heavy atom. The molecular weight excluding hydrogens is 327 g/mol.